The van der Waals surface area contributed by atoms with E-state index in [1.165, 1.54) is 83.5 Å². The van der Waals surface area contributed by atoms with Gasteiger partial charge in [0.1, 0.15) is 0 Å². The quantitative estimate of drug-likeness (QED) is 0.257. The molecule has 0 bridgehead atoms. The third-order valence-corrected chi connectivity index (χ3v) is 4.39. The largest absolute Gasteiger partial charge is 0.350 e. The van der Waals surface area contributed by atoms with E-state index in [1.807, 2.05) is 0 Å². The smallest absolute Gasteiger partial charge is 0.157 e. The number of allylic oxidation sites excluding steroid dienone is 2. The van der Waals surface area contributed by atoms with Crippen molar-refractivity contribution in [1.82, 2.24) is 0 Å². The molecular weight excluding hydrogens is 272 g/mol. The molecule has 0 aromatic rings. The average molecular weight is 311 g/mol. The number of unbranched alkanes of at least 4 members (excludes halogenated alkanes) is 11. The van der Waals surface area contributed by atoms with Gasteiger partial charge < -0.3 is 9.47 Å². The van der Waals surface area contributed by atoms with Crippen molar-refractivity contribution in [3.8, 4) is 0 Å². The summed E-state index contributed by atoms with van der Waals surface area (Å²) in [4.78, 5) is 0. The topological polar surface area (TPSA) is 18.5 Å². The molecule has 0 N–H and O–H groups in total. The Morgan fingerprint density at radius 2 is 1.18 bits per heavy atom. The third kappa shape index (κ3) is 12.2. The molecule has 1 saturated heterocycles. The summed E-state index contributed by atoms with van der Waals surface area (Å²) in [5.74, 6) is 0. The van der Waals surface area contributed by atoms with Crippen LogP contribution in [-0.2, 0) is 9.47 Å². The first kappa shape index (κ1) is 19.7. The van der Waals surface area contributed by atoms with Gasteiger partial charge in [-0.05, 0) is 38.5 Å². The molecular formula is C20H38O2. The van der Waals surface area contributed by atoms with E-state index in [4.69, 9.17) is 9.47 Å². The predicted molar refractivity (Wildman–Crippen MR) is 95.1 cm³/mol. The van der Waals surface area contributed by atoms with Crippen LogP contribution >= 0.6 is 0 Å². The minimum Gasteiger partial charge on any atom is -0.350 e. The lowest BCUT2D eigenvalue weighted by atomic mass is 10.1. The molecule has 2 nitrogen and oxygen atoms in total. The van der Waals surface area contributed by atoms with Crippen LogP contribution in [0, 0.1) is 0 Å². The summed E-state index contributed by atoms with van der Waals surface area (Å²) in [5.41, 5.74) is 0. The highest BCUT2D eigenvalue weighted by Gasteiger charge is 2.14. The number of rotatable bonds is 15. The first-order valence-corrected chi connectivity index (χ1v) is 9.81. The van der Waals surface area contributed by atoms with Gasteiger partial charge in [0.2, 0.25) is 0 Å². The Morgan fingerprint density at radius 3 is 1.77 bits per heavy atom. The van der Waals surface area contributed by atoms with E-state index in [0.29, 0.717) is 0 Å². The molecule has 1 aliphatic heterocycles. The fourth-order valence-corrected chi connectivity index (χ4v) is 2.96. The van der Waals surface area contributed by atoms with E-state index >= 15 is 0 Å². The molecule has 0 aromatic heterocycles. The van der Waals surface area contributed by atoms with Gasteiger partial charge in [0.25, 0.3) is 0 Å². The highest BCUT2D eigenvalue weighted by molar-refractivity contribution is 4.81. The standard InChI is InChI=1S/C20H38O2/c1-2-3-4-5-6-7-8-9-10-11-12-13-14-15-16-17-20-21-18-19-22-20/h9-10,20H,2-8,11-19H2,1H3/b10-9-. The van der Waals surface area contributed by atoms with Crippen molar-refractivity contribution in [2.75, 3.05) is 13.2 Å². The van der Waals surface area contributed by atoms with Crippen LogP contribution in [0.2, 0.25) is 0 Å². The maximum atomic E-state index is 5.44. The van der Waals surface area contributed by atoms with Crippen LogP contribution in [0.25, 0.3) is 0 Å². The maximum Gasteiger partial charge on any atom is 0.157 e. The lowest BCUT2D eigenvalue weighted by molar-refractivity contribution is -0.0480. The van der Waals surface area contributed by atoms with Crippen LogP contribution in [0.15, 0.2) is 12.2 Å². The molecule has 0 saturated carbocycles. The summed E-state index contributed by atoms with van der Waals surface area (Å²) in [6.07, 6.45) is 23.6. The molecule has 1 rings (SSSR count). The van der Waals surface area contributed by atoms with Crippen molar-refractivity contribution in [3.63, 3.8) is 0 Å². The lowest BCUT2D eigenvalue weighted by Crippen LogP contribution is -2.06. The fraction of sp³-hybridized carbons (Fsp3) is 0.900. The lowest BCUT2D eigenvalue weighted by Gasteiger charge is -2.07. The summed E-state index contributed by atoms with van der Waals surface area (Å²) < 4.78 is 10.9. The molecule has 0 atom stereocenters. The van der Waals surface area contributed by atoms with Crippen molar-refractivity contribution < 1.29 is 9.47 Å². The predicted octanol–water partition coefficient (Wildman–Crippen LogP) is 6.40. The number of hydrogen-bond acceptors (Lipinski definition) is 2. The van der Waals surface area contributed by atoms with Gasteiger partial charge in [-0.3, -0.25) is 0 Å². The molecule has 0 aromatic carbocycles. The van der Waals surface area contributed by atoms with Gasteiger partial charge in [-0.2, -0.15) is 0 Å². The van der Waals surface area contributed by atoms with Crippen molar-refractivity contribution in [3.05, 3.63) is 12.2 Å². The average Bonchev–Trinajstić information content (AvgIpc) is 3.04. The number of ether oxygens (including phenoxy) is 2. The molecule has 22 heavy (non-hydrogen) atoms. The van der Waals surface area contributed by atoms with Crippen LogP contribution in [0.3, 0.4) is 0 Å². The van der Waals surface area contributed by atoms with Gasteiger partial charge in [-0.1, -0.05) is 70.4 Å². The Morgan fingerprint density at radius 1 is 0.682 bits per heavy atom. The van der Waals surface area contributed by atoms with Crippen molar-refractivity contribution in [1.29, 1.82) is 0 Å². The second-order valence-corrected chi connectivity index (χ2v) is 6.54. The van der Waals surface area contributed by atoms with Gasteiger partial charge in [-0.15, -0.1) is 0 Å². The molecule has 0 radical (unpaired) electrons. The zero-order valence-corrected chi connectivity index (χ0v) is 14.9. The fourth-order valence-electron chi connectivity index (χ4n) is 2.96. The SMILES string of the molecule is CCCCCCCC/C=C\CCCCCCCC1OCCO1. The summed E-state index contributed by atoms with van der Waals surface area (Å²) in [7, 11) is 0. The molecule has 1 heterocycles. The van der Waals surface area contributed by atoms with Crippen molar-refractivity contribution >= 4 is 0 Å². The Labute approximate surface area is 138 Å². The van der Waals surface area contributed by atoms with Crippen LogP contribution in [0.5, 0.6) is 0 Å². The van der Waals surface area contributed by atoms with Crippen LogP contribution in [0.4, 0.5) is 0 Å². The van der Waals surface area contributed by atoms with E-state index in [1.54, 1.807) is 0 Å². The Bertz CT molecular complexity index is 244. The van der Waals surface area contributed by atoms with Gasteiger partial charge in [0, 0.05) is 0 Å². The van der Waals surface area contributed by atoms with E-state index in [-0.39, 0.29) is 6.29 Å². The molecule has 0 aliphatic carbocycles. The molecule has 1 fully saturated rings. The van der Waals surface area contributed by atoms with Crippen LogP contribution in [0.1, 0.15) is 96.8 Å². The Kier molecular flexibility index (Phi) is 13.9. The first-order valence-electron chi connectivity index (χ1n) is 9.81. The zero-order chi connectivity index (χ0) is 15.7. The summed E-state index contributed by atoms with van der Waals surface area (Å²) in [5, 5.41) is 0. The molecule has 1 aliphatic rings. The van der Waals surface area contributed by atoms with Gasteiger partial charge in [0.05, 0.1) is 13.2 Å². The van der Waals surface area contributed by atoms with E-state index in [9.17, 15) is 0 Å². The monoisotopic (exact) mass is 310 g/mol. The molecule has 130 valence electrons. The first-order chi connectivity index (χ1) is 10.9. The Hall–Kier alpha value is -0.340. The maximum absolute atomic E-state index is 5.44. The van der Waals surface area contributed by atoms with Gasteiger partial charge in [0.15, 0.2) is 6.29 Å². The Balaban J connectivity index is 1.70. The zero-order valence-electron chi connectivity index (χ0n) is 14.9. The van der Waals surface area contributed by atoms with Gasteiger partial charge in [-0.25, -0.2) is 0 Å². The minimum absolute atomic E-state index is 0.102. The minimum atomic E-state index is 0.102. The summed E-state index contributed by atoms with van der Waals surface area (Å²) in [6, 6.07) is 0. The molecule has 2 heteroatoms. The summed E-state index contributed by atoms with van der Waals surface area (Å²) in [6.45, 7) is 3.85. The van der Waals surface area contributed by atoms with Gasteiger partial charge >= 0.3 is 0 Å². The van der Waals surface area contributed by atoms with Crippen LogP contribution < -0.4 is 0 Å². The van der Waals surface area contributed by atoms with E-state index in [2.05, 4.69) is 19.1 Å². The van der Waals surface area contributed by atoms with Crippen molar-refractivity contribution in [2.45, 2.75) is 103 Å². The molecule has 0 unspecified atom stereocenters. The summed E-state index contributed by atoms with van der Waals surface area (Å²) >= 11 is 0. The van der Waals surface area contributed by atoms with E-state index in [0.717, 1.165) is 19.6 Å². The second kappa shape index (κ2) is 15.6. The highest BCUT2D eigenvalue weighted by atomic mass is 16.7. The molecule has 0 amide bonds. The van der Waals surface area contributed by atoms with Crippen molar-refractivity contribution in [2.24, 2.45) is 0 Å². The highest BCUT2D eigenvalue weighted by Crippen LogP contribution is 2.14. The third-order valence-electron chi connectivity index (χ3n) is 4.39. The number of hydrogen-bond donors (Lipinski definition) is 0. The second-order valence-electron chi connectivity index (χ2n) is 6.54. The normalized spacial score (nSPS) is 16.0. The van der Waals surface area contributed by atoms with Crippen LogP contribution in [-0.4, -0.2) is 19.5 Å². The molecule has 0 spiro atoms. The van der Waals surface area contributed by atoms with E-state index < -0.39 is 0 Å².